The van der Waals surface area contributed by atoms with Gasteiger partial charge in [-0.3, -0.25) is 20.2 Å². The molecule has 2 unspecified atom stereocenters. The van der Waals surface area contributed by atoms with E-state index in [9.17, 15) is 20.2 Å². The van der Waals surface area contributed by atoms with Crippen molar-refractivity contribution in [2.24, 2.45) is 11.0 Å². The van der Waals surface area contributed by atoms with Gasteiger partial charge < -0.3 is 5.43 Å². The number of hydrogen-bond donors (Lipinski definition) is 1. The van der Waals surface area contributed by atoms with Crippen molar-refractivity contribution in [3.05, 3.63) is 85.5 Å². The number of hydrogen-bond acceptors (Lipinski definition) is 6. The molecular weight excluding hydrogens is 360 g/mol. The Balaban J connectivity index is 1.62. The predicted octanol–water partition coefficient (Wildman–Crippen LogP) is 4.39. The van der Waals surface area contributed by atoms with Crippen LogP contribution in [0.3, 0.4) is 0 Å². The maximum Gasteiger partial charge on any atom is 0.270 e. The van der Waals surface area contributed by atoms with Crippen LogP contribution in [0.4, 0.5) is 11.4 Å². The van der Waals surface area contributed by atoms with Gasteiger partial charge in [0.1, 0.15) is 0 Å². The number of non-ortho nitro benzene ring substituents is 2. The summed E-state index contributed by atoms with van der Waals surface area (Å²) in [4.78, 5) is 21.3. The summed E-state index contributed by atoms with van der Waals surface area (Å²) in [5.74, 6) is 0.126. The summed E-state index contributed by atoms with van der Waals surface area (Å²) < 4.78 is 0. The molecule has 2 aliphatic rings. The Kier molecular flexibility index (Phi) is 4.60. The highest BCUT2D eigenvalue weighted by molar-refractivity contribution is 6.07. The van der Waals surface area contributed by atoms with Crippen LogP contribution in [-0.2, 0) is 0 Å². The van der Waals surface area contributed by atoms with Crippen LogP contribution in [0.15, 0.2) is 59.2 Å². The van der Waals surface area contributed by atoms with Gasteiger partial charge in [-0.15, -0.1) is 0 Å². The Morgan fingerprint density at radius 2 is 1.75 bits per heavy atom. The maximum absolute atomic E-state index is 11.1. The fraction of sp³-hybridized carbons (Fsp3) is 0.250. The fourth-order valence-electron chi connectivity index (χ4n) is 3.94. The van der Waals surface area contributed by atoms with Gasteiger partial charge in [0.05, 0.1) is 21.6 Å². The summed E-state index contributed by atoms with van der Waals surface area (Å²) in [5.41, 5.74) is 6.87. The third-order valence-electron chi connectivity index (χ3n) is 5.23. The Morgan fingerprint density at radius 3 is 2.50 bits per heavy atom. The second-order valence-electron chi connectivity index (χ2n) is 6.98. The number of nitrogens with one attached hydrogen (secondary N) is 1. The summed E-state index contributed by atoms with van der Waals surface area (Å²) in [6.45, 7) is 0. The van der Waals surface area contributed by atoms with Crippen LogP contribution in [0.5, 0.6) is 0 Å². The smallest absolute Gasteiger partial charge is 0.270 e. The normalized spacial score (nSPS) is 22.3. The Bertz CT molecular complexity index is 1010. The first kappa shape index (κ1) is 17.8. The molecule has 4 rings (SSSR count). The number of allylic oxidation sites excluding steroid dienone is 1. The average molecular weight is 378 g/mol. The first-order valence-corrected chi connectivity index (χ1v) is 9.06. The molecule has 1 aliphatic carbocycles. The molecule has 1 aliphatic heterocycles. The zero-order chi connectivity index (χ0) is 19.7. The SMILES string of the molecule is O=[N+]([O-])c1cccc(C=C2CCCC3C2=NNC3c2cccc([N+](=O)[O-])c2)c1. The largest absolute Gasteiger partial charge is 0.302 e. The third kappa shape index (κ3) is 3.36. The van der Waals surface area contributed by atoms with E-state index in [1.807, 2.05) is 18.2 Å². The van der Waals surface area contributed by atoms with E-state index < -0.39 is 9.85 Å². The minimum absolute atomic E-state index is 0.0580. The molecule has 1 N–H and O–H groups in total. The van der Waals surface area contributed by atoms with Crippen LogP contribution in [0, 0.1) is 26.1 Å². The molecule has 2 aromatic rings. The van der Waals surface area contributed by atoms with E-state index in [1.54, 1.807) is 24.3 Å². The van der Waals surface area contributed by atoms with Gasteiger partial charge >= 0.3 is 0 Å². The van der Waals surface area contributed by atoms with Crippen LogP contribution in [0.25, 0.3) is 6.08 Å². The second-order valence-corrected chi connectivity index (χ2v) is 6.98. The lowest BCUT2D eigenvalue weighted by atomic mass is 9.78. The molecule has 28 heavy (non-hydrogen) atoms. The topological polar surface area (TPSA) is 111 Å². The van der Waals surface area contributed by atoms with Crippen LogP contribution >= 0.6 is 0 Å². The van der Waals surface area contributed by atoms with Crippen LogP contribution < -0.4 is 5.43 Å². The molecule has 142 valence electrons. The second kappa shape index (κ2) is 7.22. The van der Waals surface area contributed by atoms with E-state index in [1.165, 1.54) is 12.1 Å². The number of benzene rings is 2. The van der Waals surface area contributed by atoms with Crippen LogP contribution in [-0.4, -0.2) is 15.6 Å². The predicted molar refractivity (Wildman–Crippen MR) is 105 cm³/mol. The molecule has 0 spiro atoms. The lowest BCUT2D eigenvalue weighted by Gasteiger charge is -2.26. The van der Waals surface area contributed by atoms with E-state index in [0.29, 0.717) is 0 Å². The summed E-state index contributed by atoms with van der Waals surface area (Å²) in [7, 11) is 0. The van der Waals surface area contributed by atoms with Gasteiger partial charge in [-0.05, 0) is 42.0 Å². The molecule has 1 fully saturated rings. The minimum atomic E-state index is -0.404. The van der Waals surface area contributed by atoms with Crippen LogP contribution in [0.2, 0.25) is 0 Å². The number of hydrazone groups is 1. The lowest BCUT2D eigenvalue weighted by molar-refractivity contribution is -0.385. The van der Waals surface area contributed by atoms with Crippen molar-refractivity contribution < 1.29 is 9.85 Å². The van der Waals surface area contributed by atoms with Gasteiger partial charge in [0, 0.05) is 30.2 Å². The molecule has 8 nitrogen and oxygen atoms in total. The number of nitro benzene ring substituents is 2. The summed E-state index contributed by atoms with van der Waals surface area (Å²) in [5, 5.41) is 26.6. The van der Waals surface area contributed by atoms with Gasteiger partial charge in [0.15, 0.2) is 0 Å². The van der Waals surface area contributed by atoms with Crippen molar-refractivity contribution in [2.45, 2.75) is 25.3 Å². The van der Waals surface area contributed by atoms with Gasteiger partial charge in [-0.2, -0.15) is 5.10 Å². The average Bonchev–Trinajstić information content (AvgIpc) is 3.13. The minimum Gasteiger partial charge on any atom is -0.302 e. The first-order chi connectivity index (χ1) is 13.5. The van der Waals surface area contributed by atoms with Crippen molar-refractivity contribution in [1.29, 1.82) is 0 Å². The molecular formula is C20H18N4O4. The van der Waals surface area contributed by atoms with Crippen molar-refractivity contribution >= 4 is 23.2 Å². The van der Waals surface area contributed by atoms with Gasteiger partial charge in [0.25, 0.3) is 11.4 Å². The quantitative estimate of drug-likeness (QED) is 0.627. The molecule has 1 heterocycles. The van der Waals surface area contributed by atoms with Gasteiger partial charge in [-0.1, -0.05) is 24.3 Å². The molecule has 0 amide bonds. The Hall–Kier alpha value is -3.55. The highest BCUT2D eigenvalue weighted by atomic mass is 16.6. The van der Waals surface area contributed by atoms with E-state index in [4.69, 9.17) is 0 Å². The monoisotopic (exact) mass is 378 g/mol. The van der Waals surface area contributed by atoms with Crippen molar-refractivity contribution in [3.63, 3.8) is 0 Å². The fourth-order valence-corrected chi connectivity index (χ4v) is 3.94. The highest BCUT2D eigenvalue weighted by Gasteiger charge is 2.37. The van der Waals surface area contributed by atoms with E-state index in [0.717, 1.165) is 41.7 Å². The van der Waals surface area contributed by atoms with Crippen LogP contribution in [0.1, 0.15) is 36.4 Å². The number of fused-ring (bicyclic) bond motifs is 1. The lowest BCUT2D eigenvalue weighted by Crippen LogP contribution is -2.25. The number of nitro groups is 2. The molecule has 1 saturated carbocycles. The standard InChI is InChI=1S/C20H18N4O4/c25-23(26)16-7-1-4-13(11-16)10-14-6-3-9-18-19(14)21-22-20(18)15-5-2-8-17(12-15)24(27)28/h1-2,4-5,7-8,10-12,18,20,22H,3,6,9H2. The van der Waals surface area contributed by atoms with E-state index in [-0.39, 0.29) is 23.3 Å². The summed E-state index contributed by atoms with van der Waals surface area (Å²) in [6.07, 6.45) is 4.71. The third-order valence-corrected chi connectivity index (χ3v) is 5.23. The Morgan fingerprint density at radius 1 is 1.04 bits per heavy atom. The van der Waals surface area contributed by atoms with Crippen molar-refractivity contribution in [2.75, 3.05) is 0 Å². The summed E-state index contributed by atoms with van der Waals surface area (Å²) in [6, 6.07) is 13.1. The molecule has 0 radical (unpaired) electrons. The van der Waals surface area contributed by atoms with Gasteiger partial charge in [-0.25, -0.2) is 0 Å². The highest BCUT2D eigenvalue weighted by Crippen LogP contribution is 2.40. The zero-order valence-corrected chi connectivity index (χ0v) is 14.9. The molecule has 0 aromatic heterocycles. The first-order valence-electron chi connectivity index (χ1n) is 9.06. The molecule has 8 heteroatoms. The molecule has 0 bridgehead atoms. The van der Waals surface area contributed by atoms with Crippen molar-refractivity contribution in [1.82, 2.24) is 5.43 Å². The Labute approximate surface area is 160 Å². The van der Waals surface area contributed by atoms with Gasteiger partial charge in [0.2, 0.25) is 0 Å². The molecule has 2 atom stereocenters. The molecule has 0 saturated heterocycles. The molecule has 2 aromatic carbocycles. The zero-order valence-electron chi connectivity index (χ0n) is 14.9. The number of nitrogens with zero attached hydrogens (tertiary/aromatic N) is 3. The van der Waals surface area contributed by atoms with E-state index in [2.05, 4.69) is 10.5 Å². The maximum atomic E-state index is 11.1. The number of rotatable bonds is 4. The van der Waals surface area contributed by atoms with Crippen molar-refractivity contribution in [3.8, 4) is 0 Å². The van der Waals surface area contributed by atoms with E-state index >= 15 is 0 Å². The summed E-state index contributed by atoms with van der Waals surface area (Å²) >= 11 is 0.